The SMILES string of the molecule is Cc1ccc(S(=O)(=O)/C=C2\CCN(S(=O)(=O)c3ccc(C)cc3)c3c2c2ccccc2n3Cc2ccccc2)cc1. The van der Waals surface area contributed by atoms with E-state index in [4.69, 9.17) is 0 Å². The third-order valence-electron chi connectivity index (χ3n) is 7.52. The summed E-state index contributed by atoms with van der Waals surface area (Å²) in [6, 6.07) is 31.2. The molecule has 0 radical (unpaired) electrons. The lowest BCUT2D eigenvalue weighted by Gasteiger charge is -2.32. The summed E-state index contributed by atoms with van der Waals surface area (Å²) in [5.74, 6) is 0.479. The van der Waals surface area contributed by atoms with Crippen LogP contribution in [0.4, 0.5) is 5.82 Å². The van der Waals surface area contributed by atoms with Crippen LogP contribution in [0.1, 0.15) is 28.7 Å². The molecule has 208 valence electrons. The number of nitrogens with zero attached hydrogens (tertiary/aromatic N) is 2. The van der Waals surface area contributed by atoms with Crippen molar-refractivity contribution in [1.29, 1.82) is 0 Å². The normalized spacial score (nSPS) is 14.9. The number of aromatic nitrogens is 1. The van der Waals surface area contributed by atoms with E-state index in [1.165, 1.54) is 9.71 Å². The van der Waals surface area contributed by atoms with E-state index in [0.29, 0.717) is 23.5 Å². The largest absolute Gasteiger partial charge is 0.322 e. The van der Waals surface area contributed by atoms with Gasteiger partial charge in [0.1, 0.15) is 5.82 Å². The average molecular weight is 583 g/mol. The number of hydrogen-bond acceptors (Lipinski definition) is 4. The third-order valence-corrected chi connectivity index (χ3v) is 10.9. The number of anilines is 1. The van der Waals surface area contributed by atoms with E-state index < -0.39 is 19.9 Å². The van der Waals surface area contributed by atoms with Gasteiger partial charge in [-0.2, -0.15) is 0 Å². The molecule has 8 heteroatoms. The number of fused-ring (bicyclic) bond motifs is 3. The molecule has 0 saturated carbocycles. The fraction of sp³-hybridized carbons (Fsp3) is 0.152. The molecule has 6 nitrogen and oxygen atoms in total. The molecule has 0 bridgehead atoms. The molecule has 1 aromatic heterocycles. The van der Waals surface area contributed by atoms with Crippen LogP contribution in [-0.4, -0.2) is 27.9 Å². The Morgan fingerprint density at radius 3 is 1.95 bits per heavy atom. The first-order valence-corrected chi connectivity index (χ1v) is 16.4. The summed E-state index contributed by atoms with van der Waals surface area (Å²) in [4.78, 5) is 0.408. The summed E-state index contributed by atoms with van der Waals surface area (Å²) >= 11 is 0. The topological polar surface area (TPSA) is 76.5 Å². The van der Waals surface area contributed by atoms with Crippen LogP contribution in [0.2, 0.25) is 0 Å². The van der Waals surface area contributed by atoms with Gasteiger partial charge < -0.3 is 4.57 Å². The fourth-order valence-electron chi connectivity index (χ4n) is 5.42. The van der Waals surface area contributed by atoms with Gasteiger partial charge in [-0.3, -0.25) is 4.31 Å². The maximum atomic E-state index is 14.2. The molecule has 6 rings (SSSR count). The lowest BCUT2D eigenvalue weighted by Crippen LogP contribution is -2.36. The van der Waals surface area contributed by atoms with Crippen molar-refractivity contribution in [2.45, 2.75) is 36.6 Å². The zero-order valence-corrected chi connectivity index (χ0v) is 24.5. The molecule has 0 fully saturated rings. The molecule has 1 aliphatic heterocycles. The van der Waals surface area contributed by atoms with Gasteiger partial charge in [-0.1, -0.05) is 83.9 Å². The summed E-state index contributed by atoms with van der Waals surface area (Å²) in [5, 5.41) is 2.14. The summed E-state index contributed by atoms with van der Waals surface area (Å²) in [5.41, 5.74) is 5.01. The van der Waals surface area contributed by atoms with Crippen LogP contribution < -0.4 is 4.31 Å². The minimum absolute atomic E-state index is 0.115. The molecular formula is C33H30N2O4S2. The van der Waals surface area contributed by atoms with Crippen molar-refractivity contribution >= 4 is 42.2 Å². The first kappa shape index (κ1) is 27.1. The molecular weight excluding hydrogens is 553 g/mol. The Labute approximate surface area is 241 Å². The van der Waals surface area contributed by atoms with Gasteiger partial charge in [0.15, 0.2) is 9.84 Å². The number of rotatable bonds is 6. The van der Waals surface area contributed by atoms with Gasteiger partial charge >= 0.3 is 0 Å². The van der Waals surface area contributed by atoms with E-state index in [-0.39, 0.29) is 22.8 Å². The quantitative estimate of drug-likeness (QED) is 0.223. The van der Waals surface area contributed by atoms with Crippen LogP contribution >= 0.6 is 0 Å². The maximum absolute atomic E-state index is 14.2. The molecule has 2 heterocycles. The van der Waals surface area contributed by atoms with E-state index in [1.54, 1.807) is 48.5 Å². The van der Waals surface area contributed by atoms with Crippen LogP contribution in [0.15, 0.2) is 118 Å². The van der Waals surface area contributed by atoms with Crippen molar-refractivity contribution in [2.24, 2.45) is 0 Å². The Balaban J connectivity index is 1.61. The highest BCUT2D eigenvalue weighted by atomic mass is 32.2. The first-order valence-electron chi connectivity index (χ1n) is 13.4. The summed E-state index contributed by atoms with van der Waals surface area (Å²) < 4.78 is 58.9. The highest BCUT2D eigenvalue weighted by Crippen LogP contribution is 2.45. The molecule has 0 atom stereocenters. The molecule has 1 aliphatic rings. The monoisotopic (exact) mass is 582 g/mol. The molecule has 5 aromatic rings. The molecule has 0 amide bonds. The van der Waals surface area contributed by atoms with Gasteiger partial charge in [0.25, 0.3) is 10.0 Å². The number of sulfone groups is 1. The van der Waals surface area contributed by atoms with Crippen molar-refractivity contribution in [3.63, 3.8) is 0 Å². The predicted octanol–water partition coefficient (Wildman–Crippen LogP) is 6.72. The van der Waals surface area contributed by atoms with Gasteiger partial charge in [-0.05, 0) is 61.7 Å². The first-order chi connectivity index (χ1) is 19.6. The van der Waals surface area contributed by atoms with Crippen LogP contribution in [-0.2, 0) is 26.4 Å². The lowest BCUT2D eigenvalue weighted by molar-refractivity contribution is 0.588. The Morgan fingerprint density at radius 1 is 0.707 bits per heavy atom. The van der Waals surface area contributed by atoms with Gasteiger partial charge in [0, 0.05) is 29.4 Å². The number of benzene rings is 4. The minimum Gasteiger partial charge on any atom is -0.322 e. The summed E-state index contributed by atoms with van der Waals surface area (Å²) in [6.45, 7) is 4.36. The van der Waals surface area contributed by atoms with E-state index in [2.05, 4.69) is 0 Å². The average Bonchev–Trinajstić information content (AvgIpc) is 3.28. The van der Waals surface area contributed by atoms with Crippen molar-refractivity contribution < 1.29 is 16.8 Å². The number of sulfonamides is 1. The lowest BCUT2D eigenvalue weighted by atomic mass is 10.00. The fourth-order valence-corrected chi connectivity index (χ4v) is 8.16. The smallest absolute Gasteiger partial charge is 0.265 e. The summed E-state index contributed by atoms with van der Waals surface area (Å²) in [7, 11) is -7.73. The minimum atomic E-state index is -3.94. The van der Waals surface area contributed by atoms with E-state index in [9.17, 15) is 16.8 Å². The van der Waals surface area contributed by atoms with Crippen LogP contribution in [0, 0.1) is 13.8 Å². The summed E-state index contributed by atoms with van der Waals surface area (Å²) in [6.07, 6.45) is 0.253. The Kier molecular flexibility index (Phi) is 6.83. The van der Waals surface area contributed by atoms with Gasteiger partial charge in [0.2, 0.25) is 0 Å². The molecule has 0 aliphatic carbocycles. The van der Waals surface area contributed by atoms with Crippen molar-refractivity contribution in [3.8, 4) is 0 Å². The zero-order valence-electron chi connectivity index (χ0n) is 22.9. The van der Waals surface area contributed by atoms with Crippen molar-refractivity contribution in [3.05, 3.63) is 131 Å². The third kappa shape index (κ3) is 4.98. The number of hydrogen-bond donors (Lipinski definition) is 0. The van der Waals surface area contributed by atoms with Crippen LogP contribution in [0.25, 0.3) is 16.5 Å². The second-order valence-electron chi connectivity index (χ2n) is 10.4. The second-order valence-corrected chi connectivity index (χ2v) is 14.1. The number of para-hydroxylation sites is 1. The van der Waals surface area contributed by atoms with E-state index >= 15 is 0 Å². The van der Waals surface area contributed by atoms with Crippen molar-refractivity contribution in [1.82, 2.24) is 4.57 Å². The highest BCUT2D eigenvalue weighted by molar-refractivity contribution is 7.94. The highest BCUT2D eigenvalue weighted by Gasteiger charge is 2.36. The molecule has 0 spiro atoms. The number of aryl methyl sites for hydroxylation is 2. The molecule has 41 heavy (non-hydrogen) atoms. The predicted molar refractivity (Wildman–Crippen MR) is 164 cm³/mol. The molecule has 0 saturated heterocycles. The Morgan fingerprint density at radius 2 is 1.29 bits per heavy atom. The zero-order chi connectivity index (χ0) is 28.8. The van der Waals surface area contributed by atoms with Gasteiger partial charge in [-0.15, -0.1) is 0 Å². The van der Waals surface area contributed by atoms with Crippen LogP contribution in [0.5, 0.6) is 0 Å². The maximum Gasteiger partial charge on any atom is 0.265 e. The molecule has 0 N–H and O–H groups in total. The van der Waals surface area contributed by atoms with Crippen molar-refractivity contribution in [2.75, 3.05) is 10.8 Å². The molecule has 0 unspecified atom stereocenters. The van der Waals surface area contributed by atoms with Gasteiger partial charge in [0.05, 0.1) is 15.3 Å². The Bertz CT molecular complexity index is 1990. The van der Waals surface area contributed by atoms with Gasteiger partial charge in [-0.25, -0.2) is 16.8 Å². The molecule has 4 aromatic carbocycles. The van der Waals surface area contributed by atoms with E-state index in [0.717, 1.165) is 27.6 Å². The Hall–Kier alpha value is -4.14. The van der Waals surface area contributed by atoms with Crippen LogP contribution in [0.3, 0.4) is 0 Å². The van der Waals surface area contributed by atoms with E-state index in [1.807, 2.05) is 73.0 Å². The second kappa shape index (κ2) is 10.4. The standard InChI is InChI=1S/C33H30N2O4S2/c1-24-12-16-28(17-13-24)40(36,37)23-27-20-21-35(41(38,39)29-18-14-25(2)15-19-29)33-32(27)30-10-6-7-11-31(30)34(33)22-26-8-4-3-5-9-26/h3-19,23H,20-22H2,1-2H3/b27-23+.